The third kappa shape index (κ3) is 6.95. The molecular weight excluding hydrogens is 574 g/mol. The highest BCUT2D eigenvalue weighted by Crippen LogP contribution is 2.48. The number of ether oxygens (including phenoxy) is 6. The molecule has 0 radical (unpaired) electrons. The fraction of sp³-hybridized carbons (Fsp3) is 0.387. The van der Waals surface area contributed by atoms with Crippen molar-refractivity contribution in [3.8, 4) is 34.8 Å². The number of morpholine rings is 1. The highest BCUT2D eigenvalue weighted by atomic mass is 35.5. The smallest absolute Gasteiger partial charge is 0.231 e. The Labute approximate surface area is 254 Å². The topological polar surface area (TPSA) is 109 Å². The van der Waals surface area contributed by atoms with Crippen LogP contribution in [0, 0.1) is 11.8 Å². The van der Waals surface area contributed by atoms with Gasteiger partial charge in [0.25, 0.3) is 0 Å². The van der Waals surface area contributed by atoms with Crippen molar-refractivity contribution in [2.24, 2.45) is 4.99 Å². The zero-order valence-corrected chi connectivity index (χ0v) is 24.6. The van der Waals surface area contributed by atoms with E-state index in [1.807, 2.05) is 18.2 Å². The SMILES string of the molecule is COCCC#Cc1cc(Cl)c(Nc2ncnc3cc(OCCCN4CCOCC4)cc(OC4=CCN=C4)c23)c2c1OCO2. The molecule has 0 bridgehead atoms. The molecule has 1 aromatic heterocycles. The highest BCUT2D eigenvalue weighted by molar-refractivity contribution is 6.34. The summed E-state index contributed by atoms with van der Waals surface area (Å²) in [5, 5.41) is 4.40. The van der Waals surface area contributed by atoms with E-state index in [4.69, 9.17) is 40.0 Å². The zero-order chi connectivity index (χ0) is 29.4. The lowest BCUT2D eigenvalue weighted by Gasteiger charge is -2.26. The maximum atomic E-state index is 6.76. The van der Waals surface area contributed by atoms with E-state index in [1.54, 1.807) is 19.4 Å². The first-order valence-electron chi connectivity index (χ1n) is 14.2. The lowest BCUT2D eigenvalue weighted by atomic mass is 10.1. The number of hydrogen-bond acceptors (Lipinski definition) is 11. The first-order valence-corrected chi connectivity index (χ1v) is 14.5. The number of anilines is 2. The predicted octanol–water partition coefficient (Wildman–Crippen LogP) is 4.59. The van der Waals surface area contributed by atoms with Crippen LogP contribution in [0.2, 0.25) is 5.02 Å². The van der Waals surface area contributed by atoms with Crippen molar-refractivity contribution in [2.75, 3.05) is 71.8 Å². The van der Waals surface area contributed by atoms with Gasteiger partial charge in [-0.25, -0.2) is 9.97 Å². The number of methoxy groups -OCH3 is 1. The van der Waals surface area contributed by atoms with Gasteiger partial charge in [-0.2, -0.15) is 0 Å². The fourth-order valence-electron chi connectivity index (χ4n) is 4.90. The van der Waals surface area contributed by atoms with E-state index in [0.717, 1.165) is 39.3 Å². The van der Waals surface area contributed by atoms with E-state index in [9.17, 15) is 0 Å². The van der Waals surface area contributed by atoms with Crippen molar-refractivity contribution in [1.82, 2.24) is 14.9 Å². The molecule has 2 aromatic carbocycles. The molecule has 1 N–H and O–H groups in total. The number of halogens is 1. The Hall–Kier alpha value is -4.08. The zero-order valence-electron chi connectivity index (χ0n) is 23.9. The number of allylic oxidation sites excluding steroid dienone is 1. The number of benzene rings is 2. The molecule has 3 aliphatic rings. The van der Waals surface area contributed by atoms with Crippen LogP contribution >= 0.6 is 11.6 Å². The summed E-state index contributed by atoms with van der Waals surface area (Å²) in [4.78, 5) is 15.7. The summed E-state index contributed by atoms with van der Waals surface area (Å²) >= 11 is 6.76. The second-order valence-electron chi connectivity index (χ2n) is 9.91. The third-order valence-electron chi connectivity index (χ3n) is 7.00. The van der Waals surface area contributed by atoms with E-state index >= 15 is 0 Å². The molecule has 12 heteroatoms. The van der Waals surface area contributed by atoms with Crippen LogP contribution in [0.3, 0.4) is 0 Å². The maximum Gasteiger partial charge on any atom is 0.231 e. The van der Waals surface area contributed by atoms with E-state index in [-0.39, 0.29) is 6.79 Å². The van der Waals surface area contributed by atoms with Gasteiger partial charge in [0.2, 0.25) is 6.79 Å². The summed E-state index contributed by atoms with van der Waals surface area (Å²) in [5.74, 6) is 9.44. The fourth-order valence-corrected chi connectivity index (χ4v) is 5.14. The molecule has 224 valence electrons. The van der Waals surface area contributed by atoms with Crippen LogP contribution in [0.25, 0.3) is 10.9 Å². The van der Waals surface area contributed by atoms with Gasteiger partial charge in [-0.3, -0.25) is 9.89 Å². The van der Waals surface area contributed by atoms with Crippen LogP contribution in [0.5, 0.6) is 23.0 Å². The normalized spacial score (nSPS) is 15.7. The van der Waals surface area contributed by atoms with E-state index in [1.165, 1.54) is 6.33 Å². The average Bonchev–Trinajstić information content (AvgIpc) is 3.73. The van der Waals surface area contributed by atoms with E-state index < -0.39 is 0 Å². The van der Waals surface area contributed by atoms with Gasteiger partial charge in [0.1, 0.15) is 35.1 Å². The summed E-state index contributed by atoms with van der Waals surface area (Å²) in [5.41, 5.74) is 1.78. The van der Waals surface area contributed by atoms with Crippen LogP contribution in [-0.2, 0) is 9.47 Å². The van der Waals surface area contributed by atoms with Crippen LogP contribution in [0.1, 0.15) is 18.4 Å². The molecular formula is C31H32ClN5O6. The molecule has 3 aromatic rings. The predicted molar refractivity (Wildman–Crippen MR) is 163 cm³/mol. The molecule has 4 heterocycles. The van der Waals surface area contributed by atoms with Crippen LogP contribution in [0.4, 0.5) is 11.5 Å². The lowest BCUT2D eigenvalue weighted by Crippen LogP contribution is -2.37. The first-order chi connectivity index (χ1) is 21.2. The minimum absolute atomic E-state index is 0.0513. The van der Waals surface area contributed by atoms with E-state index in [0.29, 0.717) is 87.9 Å². The van der Waals surface area contributed by atoms with Gasteiger partial charge in [-0.1, -0.05) is 23.4 Å². The Morgan fingerprint density at radius 1 is 1.09 bits per heavy atom. The van der Waals surface area contributed by atoms with E-state index in [2.05, 4.69) is 37.0 Å². The summed E-state index contributed by atoms with van der Waals surface area (Å²) in [6.45, 7) is 6.12. The molecule has 0 aliphatic carbocycles. The first kappa shape index (κ1) is 29.0. The number of nitrogens with one attached hydrogen (secondary N) is 1. The Kier molecular flexibility index (Phi) is 9.40. The van der Waals surface area contributed by atoms with Gasteiger partial charge < -0.3 is 33.7 Å². The third-order valence-corrected chi connectivity index (χ3v) is 7.30. The molecule has 0 spiro atoms. The number of rotatable bonds is 11. The van der Waals surface area contributed by atoms with Crippen molar-refractivity contribution < 1.29 is 28.4 Å². The number of aliphatic imine (C=N–C) groups is 1. The molecule has 0 unspecified atom stereocenters. The van der Waals surface area contributed by atoms with Gasteiger partial charge >= 0.3 is 0 Å². The number of aromatic nitrogens is 2. The molecule has 1 saturated heterocycles. The molecule has 0 amide bonds. The van der Waals surface area contributed by atoms with Gasteiger partial charge in [0.15, 0.2) is 11.5 Å². The van der Waals surface area contributed by atoms with Crippen molar-refractivity contribution in [3.05, 3.63) is 46.9 Å². The molecule has 0 atom stereocenters. The standard InChI is InChI=1S/C31H32ClN5O6/c1-38-11-3-2-5-21-15-24(32)28(30-29(21)41-20-42-30)36-31-27-25(34-19-35-31)16-23(17-26(27)43-22-6-7-33-18-22)40-12-4-8-37-9-13-39-14-10-37/h6,15-19H,3-4,7-14,20H2,1H3,(H,34,35,36). The van der Waals surface area contributed by atoms with Crippen molar-refractivity contribution in [1.29, 1.82) is 0 Å². The molecule has 1 fully saturated rings. The molecule has 0 saturated carbocycles. The Bertz CT molecular complexity index is 1600. The Balaban J connectivity index is 1.29. The van der Waals surface area contributed by atoms with Gasteiger partial charge in [-0.05, 0) is 18.6 Å². The van der Waals surface area contributed by atoms with Gasteiger partial charge in [0.05, 0.1) is 60.7 Å². The monoisotopic (exact) mass is 605 g/mol. The summed E-state index contributed by atoms with van der Waals surface area (Å²) < 4.78 is 34.6. The Morgan fingerprint density at radius 2 is 1.98 bits per heavy atom. The maximum absolute atomic E-state index is 6.76. The summed E-state index contributed by atoms with van der Waals surface area (Å²) in [6.07, 6.45) is 6.55. The average molecular weight is 606 g/mol. The van der Waals surface area contributed by atoms with Crippen LogP contribution < -0.4 is 24.3 Å². The lowest BCUT2D eigenvalue weighted by molar-refractivity contribution is 0.0358. The van der Waals surface area contributed by atoms with Gasteiger partial charge in [-0.15, -0.1) is 0 Å². The number of fused-ring (bicyclic) bond motifs is 2. The van der Waals surface area contributed by atoms with Crippen molar-refractivity contribution in [3.63, 3.8) is 0 Å². The molecule has 6 rings (SSSR count). The van der Waals surface area contributed by atoms with Crippen LogP contribution in [-0.4, -0.2) is 87.6 Å². The molecule has 11 nitrogen and oxygen atoms in total. The van der Waals surface area contributed by atoms with Crippen molar-refractivity contribution in [2.45, 2.75) is 12.8 Å². The van der Waals surface area contributed by atoms with Crippen LogP contribution in [0.15, 0.2) is 41.4 Å². The minimum atomic E-state index is 0.0513. The molecule has 3 aliphatic heterocycles. The largest absolute Gasteiger partial charge is 0.493 e. The molecule has 43 heavy (non-hydrogen) atoms. The Morgan fingerprint density at radius 3 is 2.81 bits per heavy atom. The second kappa shape index (κ2) is 13.9. The number of nitrogens with zero attached hydrogens (tertiary/aromatic N) is 4. The highest BCUT2D eigenvalue weighted by Gasteiger charge is 2.26. The minimum Gasteiger partial charge on any atom is -0.493 e. The summed E-state index contributed by atoms with van der Waals surface area (Å²) in [7, 11) is 1.64. The number of hydrogen-bond donors (Lipinski definition) is 1. The summed E-state index contributed by atoms with van der Waals surface area (Å²) in [6, 6.07) is 5.48. The van der Waals surface area contributed by atoms with Gasteiger partial charge in [0, 0.05) is 45.3 Å². The quantitative estimate of drug-likeness (QED) is 0.246. The van der Waals surface area contributed by atoms with Crippen molar-refractivity contribution >= 4 is 40.2 Å². The second-order valence-corrected chi connectivity index (χ2v) is 10.3.